The standard InChI is InChI=1S/C7H7NO3S/c9-12(10)6-4-2-1-3-5(6)7-8-11-7/h1-4,7-8H,(H,9,10)/p-1. The van der Waals surface area contributed by atoms with Crippen LogP contribution in [-0.4, -0.2) is 8.76 Å². The number of benzene rings is 1. The lowest BCUT2D eigenvalue weighted by atomic mass is 10.2. The predicted molar refractivity (Wildman–Crippen MR) is 40.6 cm³/mol. The van der Waals surface area contributed by atoms with Gasteiger partial charge in [-0.1, -0.05) is 18.2 Å². The molecule has 64 valence electrons. The molecule has 12 heavy (non-hydrogen) atoms. The van der Waals surface area contributed by atoms with Crippen LogP contribution in [0.15, 0.2) is 29.2 Å². The van der Waals surface area contributed by atoms with E-state index in [1.165, 1.54) is 0 Å². The summed E-state index contributed by atoms with van der Waals surface area (Å²) in [4.78, 5) is 5.05. The highest BCUT2D eigenvalue weighted by atomic mass is 32.2. The first-order chi connectivity index (χ1) is 5.79. The third-order valence-electron chi connectivity index (χ3n) is 1.62. The lowest BCUT2D eigenvalue weighted by Crippen LogP contribution is -1.96. The normalized spacial score (nSPS) is 23.6. The summed E-state index contributed by atoms with van der Waals surface area (Å²) >= 11 is -2.19. The topological polar surface area (TPSA) is 74.6 Å². The molecule has 2 atom stereocenters. The van der Waals surface area contributed by atoms with Crippen LogP contribution >= 0.6 is 0 Å². The van der Waals surface area contributed by atoms with Crippen LogP contribution in [-0.2, 0) is 15.9 Å². The Hall–Kier alpha value is -0.750. The Balaban J connectivity index is 2.43. The van der Waals surface area contributed by atoms with E-state index >= 15 is 0 Å². The molecule has 5 heteroatoms. The van der Waals surface area contributed by atoms with Crippen molar-refractivity contribution < 1.29 is 13.6 Å². The summed E-state index contributed by atoms with van der Waals surface area (Å²) in [5.74, 6) is 0. The Bertz CT molecular complexity index is 324. The average Bonchev–Trinajstić information content (AvgIpc) is 2.87. The Morgan fingerprint density at radius 1 is 1.50 bits per heavy atom. The quantitative estimate of drug-likeness (QED) is 0.535. The third-order valence-corrected chi connectivity index (χ3v) is 2.35. The maximum atomic E-state index is 10.7. The second kappa shape index (κ2) is 2.95. The van der Waals surface area contributed by atoms with Crippen molar-refractivity contribution in [3.63, 3.8) is 0 Å². The van der Waals surface area contributed by atoms with E-state index in [0.29, 0.717) is 5.56 Å². The molecule has 1 aliphatic rings. The van der Waals surface area contributed by atoms with Crippen LogP contribution in [0.2, 0.25) is 0 Å². The van der Waals surface area contributed by atoms with Gasteiger partial charge in [0.25, 0.3) is 0 Å². The van der Waals surface area contributed by atoms with Crippen molar-refractivity contribution in [3.8, 4) is 0 Å². The lowest BCUT2D eigenvalue weighted by molar-refractivity contribution is 0.372. The van der Waals surface area contributed by atoms with Gasteiger partial charge in [-0.2, -0.15) is 5.48 Å². The molecule has 0 spiro atoms. The van der Waals surface area contributed by atoms with E-state index in [4.69, 9.17) is 4.84 Å². The summed E-state index contributed by atoms with van der Waals surface area (Å²) in [6.07, 6.45) is -0.251. The number of nitrogens with one attached hydrogen (secondary N) is 1. The molecule has 0 bridgehead atoms. The van der Waals surface area contributed by atoms with E-state index in [0.717, 1.165) is 0 Å². The summed E-state index contributed by atoms with van der Waals surface area (Å²) in [5, 5.41) is 0. The van der Waals surface area contributed by atoms with E-state index in [9.17, 15) is 8.76 Å². The molecule has 1 aromatic rings. The van der Waals surface area contributed by atoms with Crippen LogP contribution < -0.4 is 5.48 Å². The first kappa shape index (κ1) is 7.88. The minimum absolute atomic E-state index is 0.251. The molecule has 0 radical (unpaired) electrons. The molecule has 1 aromatic carbocycles. The molecule has 1 saturated heterocycles. The van der Waals surface area contributed by atoms with Crippen molar-refractivity contribution in [1.29, 1.82) is 0 Å². The van der Waals surface area contributed by atoms with Crippen LogP contribution in [0.4, 0.5) is 0 Å². The Kier molecular flexibility index (Phi) is 1.93. The zero-order chi connectivity index (χ0) is 8.55. The minimum Gasteiger partial charge on any atom is -0.768 e. The first-order valence-corrected chi connectivity index (χ1v) is 4.46. The molecule has 1 N–H and O–H groups in total. The third kappa shape index (κ3) is 1.39. The smallest absolute Gasteiger partial charge is 0.177 e. The number of hydrogen-bond donors (Lipinski definition) is 1. The van der Waals surface area contributed by atoms with Crippen molar-refractivity contribution in [2.24, 2.45) is 0 Å². The minimum atomic E-state index is -2.19. The summed E-state index contributed by atoms with van der Waals surface area (Å²) in [5.41, 5.74) is 3.23. The fraction of sp³-hybridized carbons (Fsp3) is 0.143. The van der Waals surface area contributed by atoms with Gasteiger partial charge in [-0.15, -0.1) is 0 Å². The highest BCUT2D eigenvalue weighted by Gasteiger charge is 2.26. The van der Waals surface area contributed by atoms with E-state index < -0.39 is 11.1 Å². The molecule has 4 nitrogen and oxygen atoms in total. The molecule has 0 amide bonds. The fourth-order valence-corrected chi connectivity index (χ4v) is 1.57. The Labute approximate surface area is 71.8 Å². The average molecular weight is 184 g/mol. The van der Waals surface area contributed by atoms with Gasteiger partial charge in [0.05, 0.1) is 0 Å². The number of rotatable bonds is 2. The second-order valence-corrected chi connectivity index (χ2v) is 3.30. The largest absolute Gasteiger partial charge is 0.768 e. The molecule has 1 aliphatic heterocycles. The van der Waals surface area contributed by atoms with Gasteiger partial charge in [0, 0.05) is 10.5 Å². The van der Waals surface area contributed by atoms with Gasteiger partial charge in [-0.25, -0.2) is 0 Å². The molecule has 0 saturated carbocycles. The molecular weight excluding hydrogens is 178 g/mol. The first-order valence-electron chi connectivity index (χ1n) is 3.38. The molecule has 2 unspecified atom stereocenters. The maximum Gasteiger partial charge on any atom is 0.177 e. The van der Waals surface area contributed by atoms with Crippen LogP contribution in [0.1, 0.15) is 11.8 Å². The molecule has 0 aliphatic carbocycles. The van der Waals surface area contributed by atoms with Crippen LogP contribution in [0, 0.1) is 0 Å². The summed E-state index contributed by atoms with van der Waals surface area (Å²) in [6.45, 7) is 0. The highest BCUT2D eigenvalue weighted by molar-refractivity contribution is 7.79. The van der Waals surface area contributed by atoms with Crippen molar-refractivity contribution >= 4 is 11.1 Å². The van der Waals surface area contributed by atoms with Gasteiger partial charge in [0.2, 0.25) is 0 Å². The van der Waals surface area contributed by atoms with Crippen molar-refractivity contribution in [2.45, 2.75) is 11.1 Å². The Morgan fingerprint density at radius 3 is 2.75 bits per heavy atom. The zero-order valence-corrected chi connectivity index (χ0v) is 6.84. The van der Waals surface area contributed by atoms with Crippen molar-refractivity contribution in [3.05, 3.63) is 29.8 Å². The number of hydroxylamine groups is 1. The van der Waals surface area contributed by atoms with Crippen LogP contribution in [0.5, 0.6) is 0 Å². The summed E-state index contributed by atoms with van der Waals surface area (Å²) < 4.78 is 21.3. The van der Waals surface area contributed by atoms with Crippen molar-refractivity contribution in [2.75, 3.05) is 0 Å². The van der Waals surface area contributed by atoms with Gasteiger partial charge >= 0.3 is 0 Å². The Morgan fingerprint density at radius 2 is 2.17 bits per heavy atom. The van der Waals surface area contributed by atoms with Gasteiger partial charge < -0.3 is 4.55 Å². The molecule has 2 rings (SSSR count). The van der Waals surface area contributed by atoms with Gasteiger partial charge in [-0.3, -0.25) is 9.05 Å². The SMILES string of the molecule is O=S([O-])c1ccccc1C1NO1. The summed E-state index contributed by atoms with van der Waals surface area (Å²) in [7, 11) is 0. The van der Waals surface area contributed by atoms with E-state index in [1.54, 1.807) is 24.3 Å². The number of hydrogen-bond acceptors (Lipinski definition) is 4. The zero-order valence-electron chi connectivity index (χ0n) is 6.02. The predicted octanol–water partition coefficient (Wildman–Crippen LogP) is 0.458. The van der Waals surface area contributed by atoms with E-state index in [1.807, 2.05) is 0 Å². The highest BCUT2D eigenvalue weighted by Crippen LogP contribution is 2.27. The monoisotopic (exact) mass is 184 g/mol. The van der Waals surface area contributed by atoms with Gasteiger partial charge in [-0.05, 0) is 17.1 Å². The van der Waals surface area contributed by atoms with Crippen molar-refractivity contribution in [1.82, 2.24) is 5.48 Å². The van der Waals surface area contributed by atoms with Gasteiger partial charge in [0.1, 0.15) is 0 Å². The van der Waals surface area contributed by atoms with Crippen LogP contribution in [0.25, 0.3) is 0 Å². The molecule has 0 aromatic heterocycles. The summed E-state index contributed by atoms with van der Waals surface area (Å²) in [6, 6.07) is 6.71. The van der Waals surface area contributed by atoms with E-state index in [2.05, 4.69) is 5.48 Å². The van der Waals surface area contributed by atoms with Gasteiger partial charge in [0.15, 0.2) is 6.23 Å². The lowest BCUT2D eigenvalue weighted by Gasteiger charge is -2.08. The van der Waals surface area contributed by atoms with Crippen LogP contribution in [0.3, 0.4) is 0 Å². The molecular formula is C7H6NO3S-. The maximum absolute atomic E-state index is 10.7. The molecule has 1 heterocycles. The van der Waals surface area contributed by atoms with E-state index in [-0.39, 0.29) is 11.1 Å². The fourth-order valence-electron chi connectivity index (χ4n) is 1.01. The molecule has 1 fully saturated rings. The second-order valence-electron chi connectivity index (χ2n) is 2.39.